The predicted octanol–water partition coefficient (Wildman–Crippen LogP) is 2.15. The molecule has 2 rings (SSSR count). The molecule has 0 aliphatic heterocycles. The summed E-state index contributed by atoms with van der Waals surface area (Å²) in [6, 6.07) is 0. The molecule has 4 nitrogen and oxygen atoms in total. The zero-order valence-corrected chi connectivity index (χ0v) is 10.4. The average molecular weight is 238 g/mol. The molecule has 3 N–H and O–H groups in total. The third kappa shape index (κ3) is 2.58. The van der Waals surface area contributed by atoms with E-state index in [0.717, 1.165) is 12.4 Å². The van der Waals surface area contributed by atoms with Gasteiger partial charge in [0.1, 0.15) is 11.6 Å². The summed E-state index contributed by atoms with van der Waals surface area (Å²) >= 11 is 1.97. The van der Waals surface area contributed by atoms with Crippen molar-refractivity contribution >= 4 is 23.4 Å². The molecule has 16 heavy (non-hydrogen) atoms. The molecule has 1 aromatic heterocycles. The Balaban J connectivity index is 1.93. The Kier molecular flexibility index (Phi) is 3.53. The van der Waals surface area contributed by atoms with E-state index in [-0.39, 0.29) is 0 Å². The smallest absolute Gasteiger partial charge is 0.144 e. The van der Waals surface area contributed by atoms with Crippen molar-refractivity contribution in [3.8, 4) is 0 Å². The highest BCUT2D eigenvalue weighted by Gasteiger charge is 2.32. The molecule has 0 bridgehead atoms. The number of anilines is 2. The fourth-order valence-electron chi connectivity index (χ4n) is 2.15. The Bertz CT molecular complexity index is 332. The Morgan fingerprint density at radius 2 is 2.12 bits per heavy atom. The topological polar surface area (TPSA) is 63.8 Å². The zero-order valence-electron chi connectivity index (χ0n) is 9.57. The summed E-state index contributed by atoms with van der Waals surface area (Å²) in [5, 5.41) is 3.36. The molecule has 1 aromatic rings. The predicted molar refractivity (Wildman–Crippen MR) is 69.6 cm³/mol. The van der Waals surface area contributed by atoms with Crippen LogP contribution in [0.2, 0.25) is 0 Å². The Labute approximate surface area is 100 Å². The number of aromatic nitrogens is 2. The first-order valence-corrected chi connectivity index (χ1v) is 6.83. The van der Waals surface area contributed by atoms with Crippen molar-refractivity contribution in [2.24, 2.45) is 0 Å². The van der Waals surface area contributed by atoms with Crippen LogP contribution in [0.1, 0.15) is 25.7 Å². The van der Waals surface area contributed by atoms with Crippen LogP contribution < -0.4 is 11.1 Å². The lowest BCUT2D eigenvalue weighted by atomic mass is 10.1. The van der Waals surface area contributed by atoms with Gasteiger partial charge in [0.2, 0.25) is 0 Å². The Hall–Kier alpha value is -0.970. The summed E-state index contributed by atoms with van der Waals surface area (Å²) in [7, 11) is 0. The molecule has 1 aliphatic rings. The van der Waals surface area contributed by atoms with Gasteiger partial charge in [-0.2, -0.15) is 11.8 Å². The minimum atomic E-state index is 0.392. The van der Waals surface area contributed by atoms with E-state index < -0.39 is 0 Å². The summed E-state index contributed by atoms with van der Waals surface area (Å²) in [6.45, 7) is 0.965. The highest BCUT2D eigenvalue weighted by Crippen LogP contribution is 2.40. The first-order chi connectivity index (χ1) is 7.74. The molecule has 1 fully saturated rings. The van der Waals surface area contributed by atoms with Gasteiger partial charge in [-0.1, -0.05) is 12.8 Å². The highest BCUT2D eigenvalue weighted by molar-refractivity contribution is 8.00. The largest absolute Gasteiger partial charge is 0.382 e. The second-order valence-corrected chi connectivity index (χ2v) is 5.55. The summed E-state index contributed by atoms with van der Waals surface area (Å²) in [5.41, 5.74) is 5.49. The van der Waals surface area contributed by atoms with E-state index in [1.165, 1.54) is 25.7 Å². The van der Waals surface area contributed by atoms with Gasteiger partial charge in [0, 0.05) is 11.3 Å². The molecular formula is C11H18N4S. The van der Waals surface area contributed by atoms with Crippen LogP contribution in [-0.2, 0) is 0 Å². The summed E-state index contributed by atoms with van der Waals surface area (Å²) in [5.74, 6) is 1.28. The number of rotatable bonds is 4. The number of nitrogens with zero attached hydrogens (tertiary/aromatic N) is 2. The van der Waals surface area contributed by atoms with Gasteiger partial charge in [-0.15, -0.1) is 0 Å². The van der Waals surface area contributed by atoms with Crippen LogP contribution >= 0.6 is 11.8 Å². The second kappa shape index (κ2) is 4.91. The van der Waals surface area contributed by atoms with E-state index in [4.69, 9.17) is 5.73 Å². The SMILES string of the molecule is CSC1(CNc2cnc(N)cn2)CCCC1. The van der Waals surface area contributed by atoms with Crippen LogP contribution in [-0.4, -0.2) is 27.5 Å². The molecule has 0 amide bonds. The number of nitrogens with one attached hydrogen (secondary N) is 1. The van der Waals surface area contributed by atoms with E-state index in [9.17, 15) is 0 Å². The molecule has 1 aliphatic carbocycles. The second-order valence-electron chi connectivity index (χ2n) is 4.27. The van der Waals surface area contributed by atoms with E-state index in [2.05, 4.69) is 21.5 Å². The number of nitrogens with two attached hydrogens (primary N) is 1. The van der Waals surface area contributed by atoms with Gasteiger partial charge in [0.15, 0.2) is 0 Å². The number of thioether (sulfide) groups is 1. The van der Waals surface area contributed by atoms with Crippen LogP contribution in [0.15, 0.2) is 12.4 Å². The molecule has 0 saturated heterocycles. The van der Waals surface area contributed by atoms with Crippen LogP contribution in [0, 0.1) is 0 Å². The van der Waals surface area contributed by atoms with Crippen molar-refractivity contribution in [3.63, 3.8) is 0 Å². The minimum absolute atomic E-state index is 0.392. The van der Waals surface area contributed by atoms with Gasteiger partial charge in [-0.05, 0) is 19.1 Å². The molecular weight excluding hydrogens is 220 g/mol. The summed E-state index contributed by atoms with van der Waals surface area (Å²) in [4.78, 5) is 8.22. The minimum Gasteiger partial charge on any atom is -0.382 e. The third-order valence-electron chi connectivity index (χ3n) is 3.21. The van der Waals surface area contributed by atoms with Gasteiger partial charge in [0.05, 0.1) is 12.4 Å². The van der Waals surface area contributed by atoms with Crippen molar-refractivity contribution < 1.29 is 0 Å². The fraction of sp³-hybridized carbons (Fsp3) is 0.636. The lowest BCUT2D eigenvalue weighted by Gasteiger charge is -2.27. The normalized spacial score (nSPS) is 18.6. The monoisotopic (exact) mass is 238 g/mol. The molecule has 0 spiro atoms. The van der Waals surface area contributed by atoms with E-state index in [1.54, 1.807) is 12.4 Å². The maximum atomic E-state index is 5.49. The number of hydrogen-bond acceptors (Lipinski definition) is 5. The Morgan fingerprint density at radius 1 is 1.38 bits per heavy atom. The van der Waals surface area contributed by atoms with Crippen molar-refractivity contribution in [1.29, 1.82) is 0 Å². The maximum Gasteiger partial charge on any atom is 0.144 e. The van der Waals surface area contributed by atoms with E-state index >= 15 is 0 Å². The molecule has 1 heterocycles. The van der Waals surface area contributed by atoms with Crippen LogP contribution in [0.25, 0.3) is 0 Å². The molecule has 88 valence electrons. The summed E-state index contributed by atoms with van der Waals surface area (Å²) < 4.78 is 0.392. The summed E-state index contributed by atoms with van der Waals surface area (Å²) in [6.07, 6.45) is 10.8. The average Bonchev–Trinajstić information content (AvgIpc) is 2.78. The van der Waals surface area contributed by atoms with Crippen LogP contribution in [0.4, 0.5) is 11.6 Å². The van der Waals surface area contributed by atoms with Crippen molar-refractivity contribution in [1.82, 2.24) is 9.97 Å². The van der Waals surface area contributed by atoms with Crippen LogP contribution in [0.3, 0.4) is 0 Å². The van der Waals surface area contributed by atoms with Gasteiger partial charge in [-0.3, -0.25) is 0 Å². The molecule has 0 unspecified atom stereocenters. The van der Waals surface area contributed by atoms with E-state index in [0.29, 0.717) is 10.6 Å². The first-order valence-electron chi connectivity index (χ1n) is 5.61. The first kappa shape index (κ1) is 11.5. The third-order valence-corrected chi connectivity index (χ3v) is 4.63. The molecule has 1 saturated carbocycles. The van der Waals surface area contributed by atoms with Crippen molar-refractivity contribution in [3.05, 3.63) is 12.4 Å². The molecule has 5 heteroatoms. The number of nitrogen functional groups attached to an aromatic ring is 1. The lowest BCUT2D eigenvalue weighted by Crippen LogP contribution is -2.30. The molecule has 0 radical (unpaired) electrons. The van der Waals surface area contributed by atoms with Gasteiger partial charge < -0.3 is 11.1 Å². The lowest BCUT2D eigenvalue weighted by molar-refractivity contribution is 0.638. The van der Waals surface area contributed by atoms with Crippen molar-refractivity contribution in [2.75, 3.05) is 23.9 Å². The molecule has 0 aromatic carbocycles. The standard InChI is InChI=1S/C11H18N4S/c1-16-11(4-2-3-5-11)8-15-10-7-13-9(12)6-14-10/h6-7H,2-5,8H2,1H3,(H2,12,13)(H,14,15). The van der Waals surface area contributed by atoms with E-state index in [1.807, 2.05) is 11.8 Å². The van der Waals surface area contributed by atoms with Crippen LogP contribution in [0.5, 0.6) is 0 Å². The Morgan fingerprint density at radius 3 is 2.69 bits per heavy atom. The zero-order chi connectivity index (χ0) is 11.4. The van der Waals surface area contributed by atoms with Gasteiger partial charge >= 0.3 is 0 Å². The quantitative estimate of drug-likeness (QED) is 0.841. The maximum absolute atomic E-state index is 5.49. The number of hydrogen-bond donors (Lipinski definition) is 2. The molecule has 0 atom stereocenters. The van der Waals surface area contributed by atoms with Gasteiger partial charge in [0.25, 0.3) is 0 Å². The fourth-order valence-corrected chi connectivity index (χ4v) is 3.07. The van der Waals surface area contributed by atoms with Crippen molar-refractivity contribution in [2.45, 2.75) is 30.4 Å². The highest BCUT2D eigenvalue weighted by atomic mass is 32.2. The van der Waals surface area contributed by atoms with Gasteiger partial charge in [-0.25, -0.2) is 9.97 Å².